The fourth-order valence-electron chi connectivity index (χ4n) is 2.42. The van der Waals surface area contributed by atoms with Crippen LogP contribution in [0.4, 0.5) is 5.69 Å². The van der Waals surface area contributed by atoms with E-state index in [1.165, 1.54) is 6.92 Å². The topological polar surface area (TPSA) is 55.4 Å². The first-order valence-electron chi connectivity index (χ1n) is 7.74. The Labute approximate surface area is 153 Å². The maximum atomic E-state index is 12.0. The third-order valence-electron chi connectivity index (χ3n) is 3.72. The number of ketones is 1. The molecule has 0 radical (unpaired) electrons. The largest absolute Gasteiger partial charge is 0.484 e. The lowest BCUT2D eigenvalue weighted by Crippen LogP contribution is -2.20. The molecule has 0 unspecified atom stereocenters. The number of nitrogens with one attached hydrogen (secondary N) is 1. The van der Waals surface area contributed by atoms with Gasteiger partial charge in [-0.25, -0.2) is 0 Å². The molecule has 0 saturated heterocycles. The minimum absolute atomic E-state index is 0.00968. The molecule has 0 heterocycles. The second-order valence-corrected chi connectivity index (χ2v) is 6.54. The Morgan fingerprint density at radius 3 is 2.36 bits per heavy atom. The van der Waals surface area contributed by atoms with Gasteiger partial charge in [0, 0.05) is 15.7 Å². The van der Waals surface area contributed by atoms with Crippen molar-refractivity contribution < 1.29 is 14.3 Å². The molecule has 126 valence electrons. The van der Waals surface area contributed by atoms with Crippen molar-refractivity contribution in [1.82, 2.24) is 0 Å². The van der Waals surface area contributed by atoms with E-state index in [-0.39, 0.29) is 18.3 Å². The maximum Gasteiger partial charge on any atom is 0.262 e. The molecule has 3 rings (SSSR count). The number of fused-ring (bicyclic) bond motifs is 1. The molecule has 4 nitrogen and oxygen atoms in total. The number of hydrogen-bond acceptors (Lipinski definition) is 3. The Morgan fingerprint density at radius 2 is 1.64 bits per heavy atom. The van der Waals surface area contributed by atoms with Crippen LogP contribution in [0.15, 0.2) is 65.1 Å². The molecule has 3 aromatic rings. The summed E-state index contributed by atoms with van der Waals surface area (Å²) in [5.41, 5.74) is 1.24. The molecule has 0 aliphatic rings. The van der Waals surface area contributed by atoms with E-state index < -0.39 is 0 Å². The molecule has 0 atom stereocenters. The van der Waals surface area contributed by atoms with Gasteiger partial charge in [-0.1, -0.05) is 28.1 Å². The zero-order chi connectivity index (χ0) is 17.8. The summed E-state index contributed by atoms with van der Waals surface area (Å²) in [7, 11) is 0. The van der Waals surface area contributed by atoms with Gasteiger partial charge >= 0.3 is 0 Å². The highest BCUT2D eigenvalue weighted by Gasteiger charge is 2.06. The van der Waals surface area contributed by atoms with Crippen LogP contribution in [0.2, 0.25) is 0 Å². The first kappa shape index (κ1) is 17.2. The third-order valence-corrected chi connectivity index (χ3v) is 4.21. The number of amides is 1. The third kappa shape index (κ3) is 4.45. The van der Waals surface area contributed by atoms with Crippen molar-refractivity contribution >= 4 is 44.1 Å². The highest BCUT2D eigenvalue weighted by Crippen LogP contribution is 2.24. The Balaban J connectivity index is 1.60. The smallest absolute Gasteiger partial charge is 0.262 e. The average molecular weight is 398 g/mol. The summed E-state index contributed by atoms with van der Waals surface area (Å²) < 4.78 is 6.58. The van der Waals surface area contributed by atoms with Crippen LogP contribution in [0.25, 0.3) is 10.8 Å². The van der Waals surface area contributed by atoms with Crippen molar-refractivity contribution in [3.63, 3.8) is 0 Å². The van der Waals surface area contributed by atoms with Gasteiger partial charge in [-0.15, -0.1) is 0 Å². The predicted molar refractivity (Wildman–Crippen MR) is 102 cm³/mol. The molecular weight excluding hydrogens is 382 g/mol. The van der Waals surface area contributed by atoms with Gasteiger partial charge in [0.25, 0.3) is 5.91 Å². The van der Waals surface area contributed by atoms with E-state index in [2.05, 4.69) is 21.2 Å². The van der Waals surface area contributed by atoms with E-state index >= 15 is 0 Å². The normalized spacial score (nSPS) is 10.5. The maximum absolute atomic E-state index is 12.0. The number of halogens is 1. The van der Waals surface area contributed by atoms with Crippen molar-refractivity contribution in [2.75, 3.05) is 11.9 Å². The van der Waals surface area contributed by atoms with Crippen LogP contribution < -0.4 is 10.1 Å². The van der Waals surface area contributed by atoms with Crippen LogP contribution >= 0.6 is 15.9 Å². The van der Waals surface area contributed by atoms with Gasteiger partial charge in [-0.2, -0.15) is 0 Å². The monoisotopic (exact) mass is 397 g/mol. The van der Waals surface area contributed by atoms with Crippen LogP contribution in [0.5, 0.6) is 5.75 Å². The van der Waals surface area contributed by atoms with E-state index in [0.717, 1.165) is 15.2 Å². The number of benzene rings is 3. The molecule has 0 saturated carbocycles. The molecule has 0 bridgehead atoms. The Hall–Kier alpha value is -2.66. The number of ether oxygens (including phenoxy) is 1. The van der Waals surface area contributed by atoms with Crippen molar-refractivity contribution in [2.24, 2.45) is 0 Å². The molecule has 25 heavy (non-hydrogen) atoms. The minimum Gasteiger partial charge on any atom is -0.484 e. The number of Topliss-reactive ketones (excluding diaryl/α,β-unsaturated/α-hetero) is 1. The molecule has 0 fully saturated rings. The van der Waals surface area contributed by atoms with Crippen molar-refractivity contribution in [3.8, 4) is 5.75 Å². The fraction of sp³-hybridized carbons (Fsp3) is 0.100. The minimum atomic E-state index is -0.258. The average Bonchev–Trinajstić information content (AvgIpc) is 2.60. The van der Waals surface area contributed by atoms with Gasteiger partial charge in [0.15, 0.2) is 12.4 Å². The highest BCUT2D eigenvalue weighted by atomic mass is 79.9. The molecule has 1 N–H and O–H groups in total. The Kier molecular flexibility index (Phi) is 5.14. The molecular formula is C20H16BrNO3. The lowest BCUT2D eigenvalue weighted by atomic mass is 10.1. The first-order valence-corrected chi connectivity index (χ1v) is 8.53. The fourth-order valence-corrected chi connectivity index (χ4v) is 2.80. The summed E-state index contributed by atoms with van der Waals surface area (Å²) in [5.74, 6) is 0.368. The van der Waals surface area contributed by atoms with Crippen LogP contribution in [0, 0.1) is 0 Å². The summed E-state index contributed by atoms with van der Waals surface area (Å²) in [4.78, 5) is 23.2. The lowest BCUT2D eigenvalue weighted by Gasteiger charge is -2.09. The van der Waals surface area contributed by atoms with Gasteiger partial charge in [0.05, 0.1) is 0 Å². The van der Waals surface area contributed by atoms with Crippen molar-refractivity contribution in [2.45, 2.75) is 6.92 Å². The Morgan fingerprint density at radius 1 is 0.960 bits per heavy atom. The van der Waals surface area contributed by atoms with Crippen LogP contribution in [0.1, 0.15) is 17.3 Å². The van der Waals surface area contributed by atoms with E-state index in [0.29, 0.717) is 17.0 Å². The van der Waals surface area contributed by atoms with E-state index in [1.54, 1.807) is 24.3 Å². The molecule has 0 aromatic heterocycles. The second kappa shape index (κ2) is 7.49. The summed E-state index contributed by atoms with van der Waals surface area (Å²) in [6.45, 7) is 1.42. The van der Waals surface area contributed by atoms with E-state index in [9.17, 15) is 9.59 Å². The number of anilines is 1. The Bertz CT molecular complexity index is 935. The standard InChI is InChI=1S/C20H16BrNO3/c1-13(23)14-3-7-18(8-4-14)22-20(24)12-25-19-9-5-15-10-17(21)6-2-16(15)11-19/h2-11H,12H2,1H3,(H,22,24). The lowest BCUT2D eigenvalue weighted by molar-refractivity contribution is -0.118. The van der Waals surface area contributed by atoms with Gasteiger partial charge < -0.3 is 10.1 Å². The van der Waals surface area contributed by atoms with Crippen molar-refractivity contribution in [3.05, 3.63) is 70.7 Å². The molecule has 5 heteroatoms. The van der Waals surface area contributed by atoms with Crippen LogP contribution in [-0.2, 0) is 4.79 Å². The SMILES string of the molecule is CC(=O)c1ccc(NC(=O)COc2ccc3cc(Br)ccc3c2)cc1. The van der Waals surface area contributed by atoms with Gasteiger partial charge in [0.2, 0.25) is 0 Å². The zero-order valence-electron chi connectivity index (χ0n) is 13.6. The highest BCUT2D eigenvalue weighted by molar-refractivity contribution is 9.10. The summed E-state index contributed by atoms with van der Waals surface area (Å²) in [6.07, 6.45) is 0. The molecule has 0 aliphatic heterocycles. The molecule has 0 aliphatic carbocycles. The summed E-state index contributed by atoms with van der Waals surface area (Å²) in [6, 6.07) is 18.4. The first-order chi connectivity index (χ1) is 12.0. The molecule has 1 amide bonds. The molecule has 0 spiro atoms. The number of hydrogen-bond donors (Lipinski definition) is 1. The van der Waals surface area contributed by atoms with E-state index in [4.69, 9.17) is 4.74 Å². The number of carbonyl (C=O) groups is 2. The predicted octanol–water partition coefficient (Wildman–Crippen LogP) is 4.82. The quantitative estimate of drug-likeness (QED) is 0.627. The van der Waals surface area contributed by atoms with Gasteiger partial charge in [-0.3, -0.25) is 9.59 Å². The van der Waals surface area contributed by atoms with Gasteiger partial charge in [-0.05, 0) is 66.2 Å². The summed E-state index contributed by atoms with van der Waals surface area (Å²) >= 11 is 3.44. The van der Waals surface area contributed by atoms with E-state index in [1.807, 2.05) is 36.4 Å². The number of rotatable bonds is 5. The van der Waals surface area contributed by atoms with Crippen molar-refractivity contribution in [1.29, 1.82) is 0 Å². The number of carbonyl (C=O) groups excluding carboxylic acids is 2. The van der Waals surface area contributed by atoms with Gasteiger partial charge in [0.1, 0.15) is 5.75 Å². The molecule has 3 aromatic carbocycles. The zero-order valence-corrected chi connectivity index (χ0v) is 15.2. The van der Waals surface area contributed by atoms with Crippen LogP contribution in [0.3, 0.4) is 0 Å². The van der Waals surface area contributed by atoms with Crippen LogP contribution in [-0.4, -0.2) is 18.3 Å². The summed E-state index contributed by atoms with van der Waals surface area (Å²) in [5, 5.41) is 4.88. The second-order valence-electron chi connectivity index (χ2n) is 5.62.